The van der Waals surface area contributed by atoms with Crippen LogP contribution in [0.4, 0.5) is 0 Å². The van der Waals surface area contributed by atoms with E-state index in [0.717, 1.165) is 12.8 Å². The van der Waals surface area contributed by atoms with Gasteiger partial charge in [0.2, 0.25) is 0 Å². The Hall–Kier alpha value is -1.01. The Morgan fingerprint density at radius 2 is 1.77 bits per heavy atom. The van der Waals surface area contributed by atoms with Gasteiger partial charge in [-0.2, -0.15) is 0 Å². The van der Waals surface area contributed by atoms with E-state index in [2.05, 4.69) is 43.9 Å². The van der Waals surface area contributed by atoms with Crippen LogP contribution in [0.3, 0.4) is 0 Å². The fraction of sp³-hybridized carbons (Fsp3) is 0.524. The van der Waals surface area contributed by atoms with Gasteiger partial charge in [0.1, 0.15) is 0 Å². The van der Waals surface area contributed by atoms with Gasteiger partial charge in [0.05, 0.1) is 5.38 Å². The van der Waals surface area contributed by atoms with Gasteiger partial charge in [-0.25, -0.2) is 0 Å². The molecule has 0 fully saturated rings. The highest BCUT2D eigenvalue weighted by atomic mass is 35.5. The molecule has 0 spiro atoms. The summed E-state index contributed by atoms with van der Waals surface area (Å²) in [6.45, 7) is 18.0. The standard InChI is InChI=1S/C15H17Cl.3C2H6/c1-3-11-5-7-13(9-11)15(16)14-8-6-12(4-2)10-14;3*1-2/h3,5-8,10,14-15H,1,4,9H2,2H3;3*1-2H3. The Balaban J connectivity index is 0. The third kappa shape index (κ3) is 7.31. The molecule has 0 saturated heterocycles. The molecular formula is C21H35Cl. The first-order valence-corrected chi connectivity index (χ1v) is 9.23. The van der Waals surface area contributed by atoms with E-state index < -0.39 is 0 Å². The molecule has 126 valence electrons. The number of hydrogen-bond donors (Lipinski definition) is 0. The minimum atomic E-state index is 0.0917. The van der Waals surface area contributed by atoms with Crippen LogP contribution >= 0.6 is 11.6 Å². The van der Waals surface area contributed by atoms with Gasteiger partial charge in [0.25, 0.3) is 0 Å². The molecule has 0 aromatic heterocycles. The largest absolute Gasteiger partial charge is 0.117 e. The summed E-state index contributed by atoms with van der Waals surface area (Å²) in [5.74, 6) is 0.362. The SMILES string of the molecule is C=CC1=CC=C(C(Cl)C2C=CC(CC)=C2)C1.CC.CC.CC. The van der Waals surface area contributed by atoms with E-state index >= 15 is 0 Å². The molecule has 0 bridgehead atoms. The van der Waals surface area contributed by atoms with Gasteiger partial charge in [-0.15, -0.1) is 11.6 Å². The molecule has 0 aromatic carbocycles. The topological polar surface area (TPSA) is 0 Å². The average molecular weight is 323 g/mol. The van der Waals surface area contributed by atoms with Crippen molar-refractivity contribution in [1.82, 2.24) is 0 Å². The Morgan fingerprint density at radius 1 is 1.18 bits per heavy atom. The smallest absolute Gasteiger partial charge is 0.0649 e. The lowest BCUT2D eigenvalue weighted by molar-refractivity contribution is 0.796. The van der Waals surface area contributed by atoms with Crippen molar-refractivity contribution in [3.63, 3.8) is 0 Å². The molecule has 2 unspecified atom stereocenters. The molecule has 0 N–H and O–H groups in total. The molecule has 1 heteroatoms. The summed E-state index contributed by atoms with van der Waals surface area (Å²) in [5, 5.41) is 0.0917. The summed E-state index contributed by atoms with van der Waals surface area (Å²) in [5.41, 5.74) is 3.97. The summed E-state index contributed by atoms with van der Waals surface area (Å²) in [7, 11) is 0. The van der Waals surface area contributed by atoms with Crippen molar-refractivity contribution in [3.05, 3.63) is 59.8 Å². The van der Waals surface area contributed by atoms with Crippen LogP contribution in [0.25, 0.3) is 0 Å². The molecule has 22 heavy (non-hydrogen) atoms. The van der Waals surface area contributed by atoms with Crippen LogP contribution in [0.15, 0.2) is 59.8 Å². The third-order valence-corrected chi connectivity index (χ3v) is 3.79. The predicted octanol–water partition coefficient (Wildman–Crippen LogP) is 7.64. The van der Waals surface area contributed by atoms with E-state index in [1.165, 1.54) is 16.7 Å². The third-order valence-electron chi connectivity index (χ3n) is 3.22. The highest BCUT2D eigenvalue weighted by Crippen LogP contribution is 2.33. The van der Waals surface area contributed by atoms with E-state index in [1.807, 2.05) is 47.6 Å². The van der Waals surface area contributed by atoms with Gasteiger partial charge in [0.15, 0.2) is 0 Å². The van der Waals surface area contributed by atoms with Crippen molar-refractivity contribution in [2.45, 2.75) is 66.7 Å². The quantitative estimate of drug-likeness (QED) is 0.466. The summed E-state index contributed by atoms with van der Waals surface area (Å²) < 4.78 is 0. The average Bonchev–Trinajstić information content (AvgIpc) is 3.29. The minimum absolute atomic E-state index is 0.0917. The Labute approximate surface area is 144 Å². The van der Waals surface area contributed by atoms with E-state index in [4.69, 9.17) is 11.6 Å². The maximum absolute atomic E-state index is 6.51. The van der Waals surface area contributed by atoms with Crippen molar-refractivity contribution < 1.29 is 0 Å². The van der Waals surface area contributed by atoms with Crippen LogP contribution in [-0.4, -0.2) is 5.38 Å². The molecule has 0 radical (unpaired) electrons. The molecule has 0 aliphatic heterocycles. The number of hydrogen-bond acceptors (Lipinski definition) is 0. The molecule has 2 rings (SSSR count). The minimum Gasteiger partial charge on any atom is -0.117 e. The highest BCUT2D eigenvalue weighted by molar-refractivity contribution is 6.23. The first kappa shape index (κ1) is 23.3. The van der Waals surface area contributed by atoms with E-state index in [-0.39, 0.29) is 5.38 Å². The molecule has 0 nitrogen and oxygen atoms in total. The van der Waals surface area contributed by atoms with Gasteiger partial charge in [-0.05, 0) is 24.0 Å². The number of rotatable bonds is 4. The van der Waals surface area contributed by atoms with Gasteiger partial charge in [-0.3, -0.25) is 0 Å². The lowest BCUT2D eigenvalue weighted by Gasteiger charge is -2.15. The van der Waals surface area contributed by atoms with Gasteiger partial charge in [0, 0.05) is 5.92 Å². The number of allylic oxidation sites excluding steroid dienone is 9. The van der Waals surface area contributed by atoms with Crippen molar-refractivity contribution >= 4 is 11.6 Å². The molecule has 2 aliphatic rings. The monoisotopic (exact) mass is 322 g/mol. The normalized spacial score (nSPS) is 19.1. The van der Waals surface area contributed by atoms with E-state index in [0.29, 0.717) is 5.92 Å². The fourth-order valence-corrected chi connectivity index (χ4v) is 2.46. The molecule has 2 atom stereocenters. The van der Waals surface area contributed by atoms with Crippen LogP contribution in [-0.2, 0) is 0 Å². The van der Waals surface area contributed by atoms with Crippen LogP contribution < -0.4 is 0 Å². The summed E-state index contributed by atoms with van der Waals surface area (Å²) in [6, 6.07) is 0. The highest BCUT2D eigenvalue weighted by Gasteiger charge is 2.23. The molecule has 0 aromatic rings. The van der Waals surface area contributed by atoms with Crippen LogP contribution in [0.1, 0.15) is 61.3 Å². The summed E-state index contributed by atoms with van der Waals surface area (Å²) >= 11 is 6.51. The summed E-state index contributed by atoms with van der Waals surface area (Å²) in [6.07, 6.45) is 14.9. The lowest BCUT2D eigenvalue weighted by Crippen LogP contribution is -2.11. The van der Waals surface area contributed by atoms with Gasteiger partial charge >= 0.3 is 0 Å². The van der Waals surface area contributed by atoms with Crippen molar-refractivity contribution in [1.29, 1.82) is 0 Å². The van der Waals surface area contributed by atoms with Crippen molar-refractivity contribution in [2.24, 2.45) is 5.92 Å². The second-order valence-electron chi connectivity index (χ2n) is 4.30. The lowest BCUT2D eigenvalue weighted by atomic mass is 9.97. The number of alkyl halides is 1. The molecule has 0 amide bonds. The maximum atomic E-state index is 6.51. The van der Waals surface area contributed by atoms with Crippen LogP contribution in [0.2, 0.25) is 0 Å². The molecular weight excluding hydrogens is 288 g/mol. The Kier molecular flexibility index (Phi) is 15.8. The zero-order valence-corrected chi connectivity index (χ0v) is 16.4. The van der Waals surface area contributed by atoms with Crippen molar-refractivity contribution in [2.75, 3.05) is 0 Å². The van der Waals surface area contributed by atoms with Crippen LogP contribution in [0, 0.1) is 5.92 Å². The fourth-order valence-electron chi connectivity index (χ4n) is 2.16. The summed E-state index contributed by atoms with van der Waals surface area (Å²) in [4.78, 5) is 0. The Bertz CT molecular complexity index is 408. The molecule has 0 saturated carbocycles. The first-order chi connectivity index (χ1) is 10.7. The second-order valence-corrected chi connectivity index (χ2v) is 4.77. The second kappa shape index (κ2) is 14.9. The molecule has 0 heterocycles. The van der Waals surface area contributed by atoms with E-state index in [1.54, 1.807) is 0 Å². The Morgan fingerprint density at radius 3 is 2.18 bits per heavy atom. The molecule has 2 aliphatic carbocycles. The first-order valence-electron chi connectivity index (χ1n) is 8.79. The zero-order chi connectivity index (χ0) is 17.5. The van der Waals surface area contributed by atoms with Crippen molar-refractivity contribution in [3.8, 4) is 0 Å². The van der Waals surface area contributed by atoms with E-state index in [9.17, 15) is 0 Å². The van der Waals surface area contributed by atoms with Gasteiger partial charge < -0.3 is 0 Å². The maximum Gasteiger partial charge on any atom is 0.0649 e. The van der Waals surface area contributed by atoms with Crippen LogP contribution in [0.5, 0.6) is 0 Å². The number of halogens is 1. The predicted molar refractivity (Wildman–Crippen MR) is 106 cm³/mol. The zero-order valence-electron chi connectivity index (χ0n) is 15.6. The van der Waals surface area contributed by atoms with Gasteiger partial charge in [-0.1, -0.05) is 97.1 Å².